The Labute approximate surface area is 130 Å². The average molecular weight is 332 g/mol. The molecule has 2 heteroatoms. The van der Waals surface area contributed by atoms with Crippen molar-refractivity contribution in [1.29, 1.82) is 0 Å². The molecule has 0 radical (unpaired) electrons. The Morgan fingerprint density at radius 1 is 0.900 bits per heavy atom. The number of rotatable bonds is 7. The van der Waals surface area contributed by atoms with E-state index in [1.54, 1.807) is 0 Å². The molecule has 2 rings (SSSR count). The van der Waals surface area contributed by atoms with Gasteiger partial charge in [0.05, 0.1) is 0 Å². The molecular weight excluding hydrogens is 310 g/mol. The van der Waals surface area contributed by atoms with E-state index in [9.17, 15) is 0 Å². The smallest absolute Gasteiger partial charge is 0.0175 e. The molecule has 0 amide bonds. The van der Waals surface area contributed by atoms with Gasteiger partial charge in [0.1, 0.15) is 0 Å². The largest absolute Gasteiger partial charge is 0.313 e. The van der Waals surface area contributed by atoms with Gasteiger partial charge >= 0.3 is 0 Å². The lowest BCUT2D eigenvalue weighted by molar-refractivity contribution is 0.505. The number of nitrogens with one attached hydrogen (secondary N) is 1. The minimum atomic E-state index is 0.499. The van der Waals surface area contributed by atoms with Crippen LogP contribution in [0, 0.1) is 0 Å². The molecule has 0 aromatic heterocycles. The normalized spacial score (nSPS) is 12.3. The summed E-state index contributed by atoms with van der Waals surface area (Å²) >= 11 is 3.49. The second-order valence-corrected chi connectivity index (χ2v) is 6.09. The van der Waals surface area contributed by atoms with Gasteiger partial charge in [-0.1, -0.05) is 65.3 Å². The summed E-state index contributed by atoms with van der Waals surface area (Å²) in [6.45, 7) is 3.29. The fourth-order valence-corrected chi connectivity index (χ4v) is 2.63. The summed E-state index contributed by atoms with van der Waals surface area (Å²) in [6, 6.07) is 19.9. The van der Waals surface area contributed by atoms with E-state index >= 15 is 0 Å². The van der Waals surface area contributed by atoms with Crippen LogP contribution in [-0.2, 0) is 12.8 Å². The molecule has 0 aliphatic heterocycles. The maximum atomic E-state index is 3.67. The number of hydrogen-bond donors (Lipinski definition) is 1. The zero-order valence-electron chi connectivity index (χ0n) is 12.0. The van der Waals surface area contributed by atoms with Gasteiger partial charge in [0.25, 0.3) is 0 Å². The first kappa shape index (κ1) is 15.3. The van der Waals surface area contributed by atoms with Crippen LogP contribution in [-0.4, -0.2) is 12.6 Å². The maximum Gasteiger partial charge on any atom is 0.0175 e. The highest BCUT2D eigenvalue weighted by molar-refractivity contribution is 9.10. The van der Waals surface area contributed by atoms with Crippen molar-refractivity contribution in [2.45, 2.75) is 32.2 Å². The summed E-state index contributed by atoms with van der Waals surface area (Å²) in [5.74, 6) is 0. The maximum absolute atomic E-state index is 3.67. The summed E-state index contributed by atoms with van der Waals surface area (Å²) in [4.78, 5) is 0. The topological polar surface area (TPSA) is 12.0 Å². The standard InChI is InChI=1S/C18H22BrN/c1-2-12-20-18(13-15-6-4-3-5-7-15)14-16-8-10-17(19)11-9-16/h3-11,18,20H,2,12-14H2,1H3. The molecule has 0 aliphatic carbocycles. The van der Waals surface area contributed by atoms with Crippen molar-refractivity contribution in [3.63, 3.8) is 0 Å². The van der Waals surface area contributed by atoms with E-state index in [0.29, 0.717) is 6.04 Å². The van der Waals surface area contributed by atoms with Gasteiger partial charge in [-0.25, -0.2) is 0 Å². The van der Waals surface area contributed by atoms with E-state index in [-0.39, 0.29) is 0 Å². The molecule has 0 spiro atoms. The van der Waals surface area contributed by atoms with Crippen LogP contribution in [0.15, 0.2) is 59.1 Å². The SMILES string of the molecule is CCCNC(Cc1ccccc1)Cc1ccc(Br)cc1. The molecule has 2 aromatic carbocycles. The molecule has 0 fully saturated rings. The highest BCUT2D eigenvalue weighted by Crippen LogP contribution is 2.14. The van der Waals surface area contributed by atoms with E-state index in [1.165, 1.54) is 17.5 Å². The fourth-order valence-electron chi connectivity index (χ4n) is 2.37. The number of halogens is 1. The predicted molar refractivity (Wildman–Crippen MR) is 90.1 cm³/mol. The highest BCUT2D eigenvalue weighted by atomic mass is 79.9. The lowest BCUT2D eigenvalue weighted by Crippen LogP contribution is -2.33. The summed E-state index contributed by atoms with van der Waals surface area (Å²) < 4.78 is 1.14. The van der Waals surface area contributed by atoms with Gasteiger partial charge in [0, 0.05) is 10.5 Å². The van der Waals surface area contributed by atoms with Crippen LogP contribution >= 0.6 is 15.9 Å². The molecule has 0 saturated heterocycles. The Balaban J connectivity index is 2.01. The molecule has 2 aromatic rings. The minimum Gasteiger partial charge on any atom is -0.313 e. The van der Waals surface area contributed by atoms with Crippen molar-refractivity contribution in [3.8, 4) is 0 Å². The first-order chi connectivity index (χ1) is 9.78. The van der Waals surface area contributed by atoms with Crippen LogP contribution in [0.25, 0.3) is 0 Å². The molecule has 20 heavy (non-hydrogen) atoms. The van der Waals surface area contributed by atoms with Gasteiger partial charge < -0.3 is 5.32 Å². The van der Waals surface area contributed by atoms with Gasteiger partial charge in [-0.3, -0.25) is 0 Å². The Kier molecular flexibility index (Phi) is 6.28. The van der Waals surface area contributed by atoms with Crippen LogP contribution in [0.2, 0.25) is 0 Å². The molecule has 1 atom stereocenters. The van der Waals surface area contributed by atoms with Crippen molar-refractivity contribution >= 4 is 15.9 Å². The molecule has 0 heterocycles. The number of benzene rings is 2. The Bertz CT molecular complexity index is 493. The van der Waals surface area contributed by atoms with Crippen LogP contribution in [0.3, 0.4) is 0 Å². The Hall–Kier alpha value is -1.12. The third-order valence-electron chi connectivity index (χ3n) is 3.40. The van der Waals surface area contributed by atoms with Gasteiger partial charge in [0.2, 0.25) is 0 Å². The highest BCUT2D eigenvalue weighted by Gasteiger charge is 2.09. The zero-order chi connectivity index (χ0) is 14.2. The van der Waals surface area contributed by atoms with Gasteiger partial charge in [0.15, 0.2) is 0 Å². The Morgan fingerprint density at radius 2 is 1.50 bits per heavy atom. The summed E-state index contributed by atoms with van der Waals surface area (Å²) in [5, 5.41) is 3.67. The van der Waals surface area contributed by atoms with Crippen molar-refractivity contribution in [1.82, 2.24) is 5.32 Å². The minimum absolute atomic E-state index is 0.499. The molecule has 1 nitrogen and oxygen atoms in total. The average Bonchev–Trinajstić information content (AvgIpc) is 2.48. The summed E-state index contributed by atoms with van der Waals surface area (Å²) in [5.41, 5.74) is 2.79. The lowest BCUT2D eigenvalue weighted by Gasteiger charge is -2.19. The first-order valence-corrected chi connectivity index (χ1v) is 8.09. The van der Waals surface area contributed by atoms with E-state index in [4.69, 9.17) is 0 Å². The van der Waals surface area contributed by atoms with Crippen molar-refractivity contribution in [2.24, 2.45) is 0 Å². The van der Waals surface area contributed by atoms with E-state index in [1.807, 2.05) is 0 Å². The number of hydrogen-bond acceptors (Lipinski definition) is 1. The molecule has 0 saturated carbocycles. The third kappa shape index (κ3) is 5.10. The summed E-state index contributed by atoms with van der Waals surface area (Å²) in [6.07, 6.45) is 3.32. The van der Waals surface area contributed by atoms with Crippen molar-refractivity contribution < 1.29 is 0 Å². The van der Waals surface area contributed by atoms with Crippen LogP contribution in [0.1, 0.15) is 24.5 Å². The molecule has 0 aliphatic rings. The predicted octanol–water partition coefficient (Wildman–Crippen LogP) is 4.60. The molecule has 1 N–H and O–H groups in total. The molecular formula is C18H22BrN. The van der Waals surface area contributed by atoms with Gasteiger partial charge in [-0.15, -0.1) is 0 Å². The molecule has 0 bridgehead atoms. The van der Waals surface area contributed by atoms with Crippen LogP contribution in [0.5, 0.6) is 0 Å². The zero-order valence-corrected chi connectivity index (χ0v) is 13.6. The monoisotopic (exact) mass is 331 g/mol. The van der Waals surface area contributed by atoms with Crippen LogP contribution < -0.4 is 5.32 Å². The van der Waals surface area contributed by atoms with Crippen molar-refractivity contribution in [2.75, 3.05) is 6.54 Å². The second kappa shape index (κ2) is 8.23. The van der Waals surface area contributed by atoms with E-state index in [2.05, 4.69) is 82.8 Å². The van der Waals surface area contributed by atoms with Crippen molar-refractivity contribution in [3.05, 3.63) is 70.2 Å². The lowest BCUT2D eigenvalue weighted by atomic mass is 9.99. The molecule has 106 valence electrons. The first-order valence-electron chi connectivity index (χ1n) is 7.29. The summed E-state index contributed by atoms with van der Waals surface area (Å²) in [7, 11) is 0. The quantitative estimate of drug-likeness (QED) is 0.781. The van der Waals surface area contributed by atoms with Gasteiger partial charge in [-0.05, 0) is 49.1 Å². The van der Waals surface area contributed by atoms with Crippen LogP contribution in [0.4, 0.5) is 0 Å². The van der Waals surface area contributed by atoms with E-state index in [0.717, 1.165) is 23.9 Å². The molecule has 1 unspecified atom stereocenters. The third-order valence-corrected chi connectivity index (χ3v) is 3.93. The second-order valence-electron chi connectivity index (χ2n) is 5.17. The van der Waals surface area contributed by atoms with Gasteiger partial charge in [-0.2, -0.15) is 0 Å². The fraction of sp³-hybridized carbons (Fsp3) is 0.333. The van der Waals surface area contributed by atoms with E-state index < -0.39 is 0 Å². The Morgan fingerprint density at radius 3 is 2.10 bits per heavy atom.